The van der Waals surface area contributed by atoms with Gasteiger partial charge in [-0.2, -0.15) is 0 Å². The van der Waals surface area contributed by atoms with E-state index in [0.29, 0.717) is 40.0 Å². The topological polar surface area (TPSA) is 67.1 Å². The van der Waals surface area contributed by atoms with Gasteiger partial charge in [0.15, 0.2) is 28.8 Å². The lowest BCUT2D eigenvalue weighted by molar-refractivity contribution is 1.06. The second-order valence-corrected chi connectivity index (χ2v) is 20.1. The number of para-hydroxylation sites is 6. The molecule has 5 aromatic heterocycles. The Hall–Kier alpha value is -11.4. The maximum Gasteiger partial charge on any atom is 0.188 e. The van der Waals surface area contributed by atoms with Gasteiger partial charge in [0.05, 0.1) is 68.7 Å². The molecule has 0 spiro atoms. The average Bonchev–Trinajstić information content (AvgIpc) is 4.32. The minimum Gasteiger partial charge on any atom is -0.309 e. The zero-order valence-corrected chi connectivity index (χ0v) is 42.7. The van der Waals surface area contributed by atoms with Crippen LogP contribution in [0.5, 0.6) is 0 Å². The van der Waals surface area contributed by atoms with E-state index in [1.54, 1.807) is 0 Å². The van der Waals surface area contributed by atoms with Crippen LogP contribution < -0.4 is 0 Å². The van der Waals surface area contributed by atoms with Gasteiger partial charge in [-0.25, -0.2) is 24.6 Å². The van der Waals surface area contributed by atoms with Gasteiger partial charge >= 0.3 is 0 Å². The highest BCUT2D eigenvalue weighted by Crippen LogP contribution is 2.47. The van der Waals surface area contributed by atoms with Gasteiger partial charge in [-0.05, 0) is 84.9 Å². The minimum absolute atomic E-state index is 0.383. The van der Waals surface area contributed by atoms with Crippen molar-refractivity contribution in [1.82, 2.24) is 33.2 Å². The molecular formula is C71H41N9. The molecule has 80 heavy (non-hydrogen) atoms. The fourth-order valence-electron chi connectivity index (χ4n) is 12.5. The molecule has 5 heterocycles. The van der Waals surface area contributed by atoms with E-state index in [9.17, 15) is 0 Å². The molecule has 16 rings (SSSR count). The molecule has 0 fully saturated rings. The van der Waals surface area contributed by atoms with Gasteiger partial charge in [0, 0.05) is 71.2 Å². The van der Waals surface area contributed by atoms with E-state index in [4.69, 9.17) is 28.1 Å². The highest BCUT2D eigenvalue weighted by Gasteiger charge is 2.27. The molecule has 0 N–H and O–H groups in total. The first-order chi connectivity index (χ1) is 39.6. The SMILES string of the molecule is [C-]#[N+]c1ccc(-n2c3ccccc3c3ccc4c(c5ccccc5n4-c4ccccc4)c32)c(-c2nc(-c3ccccc3)nc(-c3cc([N+]#[C-])ccc3-n3c4ccccc4c4ccc5c(c6ccccc6n5-c5ccccc5)c43)n2)c1. The maximum absolute atomic E-state index is 8.42. The Morgan fingerprint density at radius 1 is 0.287 bits per heavy atom. The molecule has 0 saturated heterocycles. The molecular weight excluding hydrogens is 979 g/mol. The summed E-state index contributed by atoms with van der Waals surface area (Å²) in [7, 11) is 0. The van der Waals surface area contributed by atoms with Crippen LogP contribution in [0.15, 0.2) is 249 Å². The van der Waals surface area contributed by atoms with Crippen LogP contribution >= 0.6 is 0 Å². The molecule has 0 atom stereocenters. The molecule has 9 nitrogen and oxygen atoms in total. The fourth-order valence-corrected chi connectivity index (χ4v) is 12.5. The molecule has 9 heteroatoms. The van der Waals surface area contributed by atoms with Crippen molar-refractivity contribution in [3.8, 4) is 56.9 Å². The van der Waals surface area contributed by atoms with E-state index in [1.807, 2.05) is 78.9 Å². The molecule has 0 unspecified atom stereocenters. The molecule has 0 aliphatic heterocycles. The van der Waals surface area contributed by atoms with E-state index < -0.39 is 0 Å². The molecule has 0 aliphatic rings. The summed E-state index contributed by atoms with van der Waals surface area (Å²) in [5.74, 6) is 1.22. The van der Waals surface area contributed by atoms with Gasteiger partial charge in [0.2, 0.25) is 0 Å². The van der Waals surface area contributed by atoms with Crippen molar-refractivity contribution in [2.75, 3.05) is 0 Å². The number of nitrogens with zero attached hydrogens (tertiary/aromatic N) is 9. The third-order valence-corrected chi connectivity index (χ3v) is 15.8. The van der Waals surface area contributed by atoms with Crippen molar-refractivity contribution in [3.63, 3.8) is 0 Å². The summed E-state index contributed by atoms with van der Waals surface area (Å²) >= 11 is 0. The zero-order valence-electron chi connectivity index (χ0n) is 42.7. The van der Waals surface area contributed by atoms with Gasteiger partial charge < -0.3 is 18.3 Å². The predicted octanol–water partition coefficient (Wildman–Crippen LogP) is 18.4. The zero-order chi connectivity index (χ0) is 53.0. The lowest BCUT2D eigenvalue weighted by Crippen LogP contribution is -2.05. The molecule has 0 aliphatic carbocycles. The van der Waals surface area contributed by atoms with Crippen molar-refractivity contribution < 1.29 is 0 Å². The van der Waals surface area contributed by atoms with Crippen LogP contribution in [0.3, 0.4) is 0 Å². The molecule has 11 aromatic carbocycles. The van der Waals surface area contributed by atoms with Crippen molar-refractivity contribution in [3.05, 3.63) is 272 Å². The van der Waals surface area contributed by atoms with Crippen LogP contribution in [0.1, 0.15) is 0 Å². The molecule has 16 aromatic rings. The Kier molecular flexibility index (Phi) is 9.86. The number of benzene rings is 11. The lowest BCUT2D eigenvalue weighted by Gasteiger charge is -2.17. The van der Waals surface area contributed by atoms with Gasteiger partial charge in [-0.1, -0.05) is 164 Å². The van der Waals surface area contributed by atoms with Crippen LogP contribution in [0.25, 0.3) is 154 Å². The van der Waals surface area contributed by atoms with E-state index in [0.717, 1.165) is 116 Å². The summed E-state index contributed by atoms with van der Waals surface area (Å²) in [6.45, 7) is 16.8. The third kappa shape index (κ3) is 6.59. The molecule has 370 valence electrons. The van der Waals surface area contributed by atoms with Crippen LogP contribution in [-0.2, 0) is 0 Å². The summed E-state index contributed by atoms with van der Waals surface area (Å²) in [4.78, 5) is 24.4. The quantitative estimate of drug-likeness (QED) is 0.149. The van der Waals surface area contributed by atoms with Crippen LogP contribution in [0, 0.1) is 13.1 Å². The molecule has 0 saturated carbocycles. The molecule has 0 radical (unpaired) electrons. The van der Waals surface area contributed by atoms with E-state index in [-0.39, 0.29) is 0 Å². The first-order valence-electron chi connectivity index (χ1n) is 26.5. The van der Waals surface area contributed by atoms with E-state index in [1.165, 1.54) is 0 Å². The largest absolute Gasteiger partial charge is 0.309 e. The average molecular weight is 1020 g/mol. The highest BCUT2D eigenvalue weighted by molar-refractivity contribution is 6.28. The van der Waals surface area contributed by atoms with Crippen molar-refractivity contribution >= 4 is 98.6 Å². The Morgan fingerprint density at radius 3 is 1.07 bits per heavy atom. The predicted molar refractivity (Wildman–Crippen MR) is 326 cm³/mol. The minimum atomic E-state index is 0.383. The maximum atomic E-state index is 8.42. The summed E-state index contributed by atoms with van der Waals surface area (Å²) in [5, 5.41) is 8.82. The number of hydrogen-bond donors (Lipinski definition) is 0. The standard InChI is InChI=1S/C71H41N9/c1-72-45-34-38-61(79-57-30-16-12-26-49(57)51-36-40-63-65(67(51)79)53-28-14-18-32-59(53)77(63)47-22-8-4-9-23-47)55(42-45)70-74-69(44-20-6-3-7-21-44)75-71(76-70)56-43-46(73-2)35-39-62(56)80-58-31-17-13-27-50(58)52-37-41-64-66(68(52)80)54-29-15-19-33-60(54)78(64)48-24-10-5-11-25-48/h3-43H. The molecule has 0 bridgehead atoms. The number of hydrogen-bond acceptors (Lipinski definition) is 3. The van der Waals surface area contributed by atoms with Crippen molar-refractivity contribution in [2.24, 2.45) is 0 Å². The summed E-state index contributed by atoms with van der Waals surface area (Å²) < 4.78 is 9.36. The third-order valence-electron chi connectivity index (χ3n) is 15.8. The Labute approximate surface area is 458 Å². The van der Waals surface area contributed by atoms with Crippen LogP contribution in [0.2, 0.25) is 0 Å². The first kappa shape index (κ1) is 44.9. The summed E-state index contributed by atoms with van der Waals surface area (Å²) in [6, 6.07) is 85.9. The highest BCUT2D eigenvalue weighted by atomic mass is 15.1. The number of aromatic nitrogens is 7. The summed E-state index contributed by atoms with van der Waals surface area (Å²) in [6.07, 6.45) is 0. The Balaban J connectivity index is 1.01. The molecule has 0 amide bonds. The first-order valence-corrected chi connectivity index (χ1v) is 26.5. The second kappa shape index (κ2) is 17.6. The van der Waals surface area contributed by atoms with Crippen molar-refractivity contribution in [1.29, 1.82) is 0 Å². The lowest BCUT2D eigenvalue weighted by atomic mass is 10.1. The van der Waals surface area contributed by atoms with E-state index in [2.05, 4.69) is 198 Å². The van der Waals surface area contributed by atoms with Crippen LogP contribution in [0.4, 0.5) is 11.4 Å². The normalized spacial score (nSPS) is 11.7. The number of rotatable bonds is 7. The monoisotopic (exact) mass is 1020 g/mol. The number of fused-ring (bicyclic) bond motifs is 14. The fraction of sp³-hybridized carbons (Fsp3) is 0. The van der Waals surface area contributed by atoms with E-state index >= 15 is 0 Å². The Morgan fingerprint density at radius 2 is 0.650 bits per heavy atom. The van der Waals surface area contributed by atoms with Gasteiger partial charge in [0.1, 0.15) is 0 Å². The Bertz CT molecular complexity index is 5010. The van der Waals surface area contributed by atoms with Gasteiger partial charge in [-0.3, -0.25) is 0 Å². The van der Waals surface area contributed by atoms with Gasteiger partial charge in [0.25, 0.3) is 0 Å². The second-order valence-electron chi connectivity index (χ2n) is 20.1. The smallest absolute Gasteiger partial charge is 0.188 e. The van der Waals surface area contributed by atoms with Gasteiger partial charge in [-0.15, -0.1) is 0 Å². The van der Waals surface area contributed by atoms with Crippen LogP contribution in [-0.4, -0.2) is 33.2 Å². The summed E-state index contributed by atoms with van der Waals surface area (Å²) in [5.41, 5.74) is 15.1. The van der Waals surface area contributed by atoms with Crippen molar-refractivity contribution in [2.45, 2.75) is 0 Å².